The third kappa shape index (κ3) is 4.03. The summed E-state index contributed by atoms with van der Waals surface area (Å²) in [5.41, 5.74) is 3.28. The maximum atomic E-state index is 5.26. The van der Waals surface area contributed by atoms with Gasteiger partial charge in [-0.2, -0.15) is 0 Å². The van der Waals surface area contributed by atoms with Crippen molar-refractivity contribution in [3.63, 3.8) is 0 Å². The van der Waals surface area contributed by atoms with Gasteiger partial charge in [0.15, 0.2) is 5.82 Å². The van der Waals surface area contributed by atoms with Gasteiger partial charge in [0, 0.05) is 30.6 Å². The molecule has 0 aliphatic carbocycles. The van der Waals surface area contributed by atoms with Crippen molar-refractivity contribution in [2.75, 3.05) is 13.7 Å². The van der Waals surface area contributed by atoms with Crippen molar-refractivity contribution in [2.45, 2.75) is 47.3 Å². The Morgan fingerprint density at radius 3 is 2.11 bits per heavy atom. The molecule has 0 fully saturated rings. The van der Waals surface area contributed by atoms with Gasteiger partial charge in [-0.1, -0.05) is 13.8 Å². The minimum atomic E-state index is -0.0555. The molecule has 4 heteroatoms. The van der Waals surface area contributed by atoms with E-state index in [-0.39, 0.29) is 6.10 Å². The van der Waals surface area contributed by atoms with Gasteiger partial charge in [0.2, 0.25) is 0 Å². The zero-order valence-electron chi connectivity index (χ0n) is 12.4. The molecule has 1 N–H and O–H groups in total. The Labute approximate surface area is 110 Å². The summed E-state index contributed by atoms with van der Waals surface area (Å²) >= 11 is 0. The van der Waals surface area contributed by atoms with Crippen molar-refractivity contribution in [1.29, 1.82) is 0 Å². The van der Waals surface area contributed by atoms with Crippen LogP contribution in [0.1, 0.15) is 49.7 Å². The second-order valence-electron chi connectivity index (χ2n) is 5.13. The van der Waals surface area contributed by atoms with E-state index in [0.717, 1.165) is 30.3 Å². The Kier molecular flexibility index (Phi) is 5.69. The van der Waals surface area contributed by atoms with Crippen LogP contribution < -0.4 is 5.32 Å². The summed E-state index contributed by atoms with van der Waals surface area (Å²) in [4.78, 5) is 9.05. The van der Waals surface area contributed by atoms with E-state index in [1.54, 1.807) is 7.11 Å². The van der Waals surface area contributed by atoms with E-state index < -0.39 is 0 Å². The SMILES string of the molecule is COC(C)c1nc(C)c(CNCC(C)C)c(C)n1. The van der Waals surface area contributed by atoms with Crippen LogP contribution in [0.5, 0.6) is 0 Å². The molecule has 0 saturated carbocycles. The number of nitrogens with one attached hydrogen (secondary N) is 1. The number of hydrogen-bond donors (Lipinski definition) is 1. The molecule has 4 nitrogen and oxygen atoms in total. The van der Waals surface area contributed by atoms with Crippen molar-refractivity contribution in [2.24, 2.45) is 5.92 Å². The third-order valence-electron chi connectivity index (χ3n) is 3.01. The maximum Gasteiger partial charge on any atom is 0.157 e. The van der Waals surface area contributed by atoms with Crippen LogP contribution in [0.15, 0.2) is 0 Å². The Hall–Kier alpha value is -1.00. The zero-order valence-corrected chi connectivity index (χ0v) is 12.4. The summed E-state index contributed by atoms with van der Waals surface area (Å²) in [7, 11) is 1.68. The summed E-state index contributed by atoms with van der Waals surface area (Å²) in [5.74, 6) is 1.42. The fraction of sp³-hybridized carbons (Fsp3) is 0.714. The van der Waals surface area contributed by atoms with Gasteiger partial charge in [-0.05, 0) is 33.2 Å². The number of ether oxygens (including phenoxy) is 1. The van der Waals surface area contributed by atoms with Crippen LogP contribution in [0.25, 0.3) is 0 Å². The monoisotopic (exact) mass is 251 g/mol. The lowest BCUT2D eigenvalue weighted by Crippen LogP contribution is -2.21. The first-order chi connectivity index (χ1) is 8.45. The molecule has 0 spiro atoms. The van der Waals surface area contributed by atoms with E-state index in [1.807, 2.05) is 20.8 Å². The summed E-state index contributed by atoms with van der Waals surface area (Å²) in [6, 6.07) is 0. The second-order valence-corrected chi connectivity index (χ2v) is 5.13. The lowest BCUT2D eigenvalue weighted by atomic mass is 10.1. The molecule has 0 aliphatic rings. The first kappa shape index (κ1) is 15.1. The molecule has 0 bridgehead atoms. The highest BCUT2D eigenvalue weighted by molar-refractivity contribution is 5.24. The topological polar surface area (TPSA) is 47.0 Å². The molecule has 1 aromatic heterocycles. The number of methoxy groups -OCH3 is 1. The molecular formula is C14H25N3O. The Bertz CT molecular complexity index is 368. The quantitative estimate of drug-likeness (QED) is 0.844. The van der Waals surface area contributed by atoms with Gasteiger partial charge in [-0.3, -0.25) is 0 Å². The zero-order chi connectivity index (χ0) is 13.7. The molecule has 1 heterocycles. The highest BCUT2D eigenvalue weighted by atomic mass is 16.5. The van der Waals surface area contributed by atoms with Crippen LogP contribution in [-0.2, 0) is 11.3 Å². The minimum absolute atomic E-state index is 0.0555. The van der Waals surface area contributed by atoms with E-state index in [0.29, 0.717) is 5.92 Å². The molecule has 0 saturated heterocycles. The first-order valence-electron chi connectivity index (χ1n) is 6.53. The molecule has 0 aromatic carbocycles. The van der Waals surface area contributed by atoms with Crippen molar-refractivity contribution in [3.8, 4) is 0 Å². The van der Waals surface area contributed by atoms with Gasteiger partial charge in [-0.15, -0.1) is 0 Å². The number of nitrogens with zero attached hydrogens (tertiary/aromatic N) is 2. The largest absolute Gasteiger partial charge is 0.374 e. The summed E-state index contributed by atoms with van der Waals surface area (Å²) in [6.07, 6.45) is -0.0555. The highest BCUT2D eigenvalue weighted by Crippen LogP contribution is 2.16. The van der Waals surface area contributed by atoms with Crippen LogP contribution in [0.3, 0.4) is 0 Å². The normalized spacial score (nSPS) is 13.1. The smallest absolute Gasteiger partial charge is 0.157 e. The Morgan fingerprint density at radius 1 is 1.11 bits per heavy atom. The Balaban J connectivity index is 2.81. The summed E-state index contributed by atoms with van der Waals surface area (Å²) in [5, 5.41) is 3.43. The number of aryl methyl sites for hydroxylation is 2. The molecule has 0 amide bonds. The minimum Gasteiger partial charge on any atom is -0.374 e. The van der Waals surface area contributed by atoms with Gasteiger partial charge in [0.05, 0.1) is 0 Å². The van der Waals surface area contributed by atoms with Crippen LogP contribution in [0, 0.1) is 19.8 Å². The fourth-order valence-corrected chi connectivity index (χ4v) is 1.79. The van der Waals surface area contributed by atoms with E-state index >= 15 is 0 Å². The fourth-order valence-electron chi connectivity index (χ4n) is 1.79. The van der Waals surface area contributed by atoms with Crippen LogP contribution in [0.4, 0.5) is 0 Å². The van der Waals surface area contributed by atoms with E-state index in [4.69, 9.17) is 4.74 Å². The van der Waals surface area contributed by atoms with Crippen molar-refractivity contribution in [3.05, 3.63) is 22.8 Å². The van der Waals surface area contributed by atoms with Gasteiger partial charge >= 0.3 is 0 Å². The van der Waals surface area contributed by atoms with Gasteiger partial charge in [0.1, 0.15) is 6.10 Å². The van der Waals surface area contributed by atoms with Gasteiger partial charge in [0.25, 0.3) is 0 Å². The van der Waals surface area contributed by atoms with Crippen LogP contribution in [0.2, 0.25) is 0 Å². The summed E-state index contributed by atoms with van der Waals surface area (Å²) < 4.78 is 5.26. The number of hydrogen-bond acceptors (Lipinski definition) is 4. The van der Waals surface area contributed by atoms with Crippen molar-refractivity contribution >= 4 is 0 Å². The summed E-state index contributed by atoms with van der Waals surface area (Å²) in [6.45, 7) is 12.3. The maximum absolute atomic E-state index is 5.26. The molecule has 1 atom stereocenters. The third-order valence-corrected chi connectivity index (χ3v) is 3.01. The van der Waals surface area contributed by atoms with E-state index in [9.17, 15) is 0 Å². The number of aromatic nitrogens is 2. The first-order valence-corrected chi connectivity index (χ1v) is 6.53. The standard InChI is InChI=1S/C14H25N3O/c1-9(2)7-15-8-13-10(3)16-14(12(5)18-6)17-11(13)4/h9,12,15H,7-8H2,1-6H3. The molecule has 1 unspecified atom stereocenters. The average Bonchev–Trinajstić information content (AvgIpc) is 2.31. The number of rotatable bonds is 6. The predicted octanol–water partition coefficient (Wildman–Crippen LogP) is 2.55. The molecule has 1 aromatic rings. The molecule has 1 rings (SSSR count). The molecule has 0 radical (unpaired) electrons. The molecule has 102 valence electrons. The molecule has 0 aliphatic heterocycles. The van der Waals surface area contributed by atoms with Gasteiger partial charge in [-0.25, -0.2) is 9.97 Å². The highest BCUT2D eigenvalue weighted by Gasteiger charge is 2.12. The average molecular weight is 251 g/mol. The lowest BCUT2D eigenvalue weighted by Gasteiger charge is -2.15. The molecule has 18 heavy (non-hydrogen) atoms. The van der Waals surface area contributed by atoms with E-state index in [2.05, 4.69) is 29.1 Å². The van der Waals surface area contributed by atoms with Crippen molar-refractivity contribution < 1.29 is 4.74 Å². The van der Waals surface area contributed by atoms with Crippen LogP contribution >= 0.6 is 0 Å². The van der Waals surface area contributed by atoms with E-state index in [1.165, 1.54) is 5.56 Å². The van der Waals surface area contributed by atoms with Gasteiger partial charge < -0.3 is 10.1 Å². The van der Waals surface area contributed by atoms with Crippen LogP contribution in [-0.4, -0.2) is 23.6 Å². The lowest BCUT2D eigenvalue weighted by molar-refractivity contribution is 0.111. The van der Waals surface area contributed by atoms with Crippen molar-refractivity contribution in [1.82, 2.24) is 15.3 Å². The Morgan fingerprint density at radius 2 is 1.67 bits per heavy atom. The molecular weight excluding hydrogens is 226 g/mol. The second kappa shape index (κ2) is 6.81. The predicted molar refractivity (Wildman–Crippen MR) is 73.5 cm³/mol.